The van der Waals surface area contributed by atoms with Gasteiger partial charge in [0.25, 0.3) is 0 Å². The molecule has 0 saturated carbocycles. The molecule has 0 spiro atoms. The van der Waals surface area contributed by atoms with Crippen molar-refractivity contribution in [1.82, 2.24) is 4.98 Å². The van der Waals surface area contributed by atoms with E-state index in [4.69, 9.17) is 0 Å². The molecule has 2 nitrogen and oxygen atoms in total. The third-order valence-corrected chi connectivity index (χ3v) is 5.34. The number of unbranched alkanes of at least 4 members (excludes halogenated alkanes) is 2. The summed E-state index contributed by atoms with van der Waals surface area (Å²) in [5.41, 5.74) is 2.10. The van der Waals surface area contributed by atoms with E-state index in [2.05, 4.69) is 16.9 Å². The normalized spacial score (nSPS) is 11.4. The van der Waals surface area contributed by atoms with E-state index in [-0.39, 0.29) is 11.5 Å². The van der Waals surface area contributed by atoms with Crippen molar-refractivity contribution in [2.75, 3.05) is 0 Å². The Morgan fingerprint density at radius 2 is 1.78 bits per heavy atom. The largest absolute Gasteiger partial charge is 0.252 e. The number of aliphatic imine (C=N–C) groups is 1. The lowest BCUT2D eigenvalue weighted by Crippen LogP contribution is -1.86. The summed E-state index contributed by atoms with van der Waals surface area (Å²) in [7, 11) is 0. The Bertz CT molecular complexity index is 947. The van der Waals surface area contributed by atoms with E-state index in [1.54, 1.807) is 54.9 Å². The van der Waals surface area contributed by atoms with E-state index in [9.17, 15) is 8.78 Å². The molecule has 3 rings (SSSR count). The molecule has 0 N–H and O–H groups in total. The maximum Gasteiger partial charge on any atom is 0.149 e. The monoisotopic (exact) mass is 384 g/mol. The predicted octanol–water partition coefficient (Wildman–Crippen LogP) is 6.88. The predicted molar refractivity (Wildman–Crippen MR) is 109 cm³/mol. The highest BCUT2D eigenvalue weighted by molar-refractivity contribution is 7.13. The van der Waals surface area contributed by atoms with Crippen molar-refractivity contribution >= 4 is 23.2 Å². The third kappa shape index (κ3) is 5.07. The van der Waals surface area contributed by atoms with Gasteiger partial charge in [-0.25, -0.2) is 13.8 Å². The fourth-order valence-corrected chi connectivity index (χ4v) is 3.56. The standard InChI is InChI=1S/C22H22F2N2S/c1-3-4-5-6-22-26-14-18(27-22)13-25-21-10-9-17(12-20(21)24)16-8-7-15(2)19(23)11-16/h7-14H,3-6H2,1-2H3. The number of rotatable bonds is 7. The zero-order chi connectivity index (χ0) is 19.2. The van der Waals surface area contributed by atoms with E-state index in [0.717, 1.165) is 22.7 Å². The summed E-state index contributed by atoms with van der Waals surface area (Å²) in [4.78, 5) is 9.55. The van der Waals surface area contributed by atoms with Gasteiger partial charge in [-0.05, 0) is 54.7 Å². The molecule has 0 atom stereocenters. The maximum absolute atomic E-state index is 14.4. The van der Waals surface area contributed by atoms with E-state index in [0.29, 0.717) is 16.7 Å². The van der Waals surface area contributed by atoms with Crippen LogP contribution in [-0.4, -0.2) is 11.2 Å². The number of thiazole rings is 1. The molecule has 0 aliphatic carbocycles. The molecule has 0 saturated heterocycles. The van der Waals surface area contributed by atoms with Crippen LogP contribution in [0.15, 0.2) is 47.6 Å². The fraction of sp³-hybridized carbons (Fsp3) is 0.273. The Labute approximate surface area is 162 Å². The van der Waals surface area contributed by atoms with Crippen LogP contribution in [0.3, 0.4) is 0 Å². The minimum Gasteiger partial charge on any atom is -0.252 e. The van der Waals surface area contributed by atoms with Crippen LogP contribution < -0.4 is 0 Å². The van der Waals surface area contributed by atoms with Gasteiger partial charge in [0.2, 0.25) is 0 Å². The minimum absolute atomic E-state index is 0.257. The van der Waals surface area contributed by atoms with Crippen LogP contribution >= 0.6 is 11.3 Å². The molecule has 2 aromatic carbocycles. The van der Waals surface area contributed by atoms with Gasteiger partial charge in [-0.1, -0.05) is 38.0 Å². The molecule has 0 aliphatic rings. The van der Waals surface area contributed by atoms with Gasteiger partial charge in [-0.2, -0.15) is 0 Å². The van der Waals surface area contributed by atoms with Crippen molar-refractivity contribution in [3.63, 3.8) is 0 Å². The van der Waals surface area contributed by atoms with Crippen molar-refractivity contribution < 1.29 is 8.78 Å². The number of hydrogen-bond acceptors (Lipinski definition) is 3. The number of aromatic nitrogens is 1. The number of hydrogen-bond donors (Lipinski definition) is 0. The Morgan fingerprint density at radius 3 is 2.48 bits per heavy atom. The summed E-state index contributed by atoms with van der Waals surface area (Å²) in [5.74, 6) is -0.729. The number of aryl methyl sites for hydroxylation is 2. The van der Waals surface area contributed by atoms with Crippen LogP contribution in [0.1, 0.15) is 41.6 Å². The number of benzene rings is 2. The first-order valence-corrected chi connectivity index (χ1v) is 9.93. The van der Waals surface area contributed by atoms with Gasteiger partial charge in [-0.3, -0.25) is 4.99 Å². The Morgan fingerprint density at radius 1 is 1.04 bits per heavy atom. The van der Waals surface area contributed by atoms with Crippen LogP contribution in [0.2, 0.25) is 0 Å². The van der Waals surface area contributed by atoms with Crippen LogP contribution in [0.4, 0.5) is 14.5 Å². The lowest BCUT2D eigenvalue weighted by molar-refractivity contribution is 0.618. The lowest BCUT2D eigenvalue weighted by Gasteiger charge is -2.05. The average Bonchev–Trinajstić information content (AvgIpc) is 3.11. The summed E-state index contributed by atoms with van der Waals surface area (Å²) in [6.45, 7) is 3.88. The molecule has 0 unspecified atom stereocenters. The zero-order valence-electron chi connectivity index (χ0n) is 15.5. The molecule has 0 amide bonds. The highest BCUT2D eigenvalue weighted by Gasteiger charge is 2.07. The topological polar surface area (TPSA) is 25.2 Å². The van der Waals surface area contributed by atoms with Crippen LogP contribution in [0.25, 0.3) is 11.1 Å². The van der Waals surface area contributed by atoms with E-state index >= 15 is 0 Å². The highest BCUT2D eigenvalue weighted by atomic mass is 32.1. The summed E-state index contributed by atoms with van der Waals surface area (Å²) in [6.07, 6.45) is 7.91. The second-order valence-electron chi connectivity index (χ2n) is 6.50. The molecule has 0 bridgehead atoms. The van der Waals surface area contributed by atoms with Crippen LogP contribution in [0.5, 0.6) is 0 Å². The first-order chi connectivity index (χ1) is 13.1. The highest BCUT2D eigenvalue weighted by Crippen LogP contribution is 2.27. The lowest BCUT2D eigenvalue weighted by atomic mass is 10.0. The molecule has 1 heterocycles. The molecule has 140 valence electrons. The summed E-state index contributed by atoms with van der Waals surface area (Å²) in [5, 5.41) is 1.09. The van der Waals surface area contributed by atoms with Gasteiger partial charge in [0, 0.05) is 12.4 Å². The maximum atomic E-state index is 14.4. The van der Waals surface area contributed by atoms with Crippen LogP contribution in [0, 0.1) is 18.6 Å². The van der Waals surface area contributed by atoms with Crippen LogP contribution in [-0.2, 0) is 6.42 Å². The smallest absolute Gasteiger partial charge is 0.149 e. The van der Waals surface area contributed by atoms with Gasteiger partial charge in [0.15, 0.2) is 0 Å². The minimum atomic E-state index is -0.433. The fourth-order valence-electron chi connectivity index (χ4n) is 2.72. The summed E-state index contributed by atoms with van der Waals surface area (Å²) >= 11 is 1.59. The quantitative estimate of drug-likeness (QED) is 0.322. The molecule has 0 radical (unpaired) electrons. The zero-order valence-corrected chi connectivity index (χ0v) is 16.3. The second kappa shape index (κ2) is 9.00. The molecule has 27 heavy (non-hydrogen) atoms. The van der Waals surface area contributed by atoms with Gasteiger partial charge >= 0.3 is 0 Å². The van der Waals surface area contributed by atoms with Crippen molar-refractivity contribution in [2.45, 2.75) is 39.5 Å². The van der Waals surface area contributed by atoms with E-state index in [1.165, 1.54) is 25.0 Å². The Balaban J connectivity index is 1.72. The Hall–Kier alpha value is -2.40. The van der Waals surface area contributed by atoms with Gasteiger partial charge in [-0.15, -0.1) is 11.3 Å². The van der Waals surface area contributed by atoms with Gasteiger partial charge in [0.1, 0.15) is 11.6 Å². The molecular weight excluding hydrogens is 362 g/mol. The SMILES string of the molecule is CCCCCc1ncc(C=Nc2ccc(-c3ccc(C)c(F)c3)cc2F)s1. The molecule has 5 heteroatoms. The van der Waals surface area contributed by atoms with Gasteiger partial charge < -0.3 is 0 Å². The third-order valence-electron chi connectivity index (χ3n) is 4.35. The summed E-state index contributed by atoms with van der Waals surface area (Å²) < 4.78 is 28.1. The van der Waals surface area contributed by atoms with E-state index < -0.39 is 5.82 Å². The van der Waals surface area contributed by atoms with E-state index in [1.807, 2.05) is 0 Å². The first-order valence-electron chi connectivity index (χ1n) is 9.11. The summed E-state index contributed by atoms with van der Waals surface area (Å²) in [6, 6.07) is 9.65. The number of nitrogens with zero attached hydrogens (tertiary/aromatic N) is 2. The molecule has 1 aromatic heterocycles. The first kappa shape index (κ1) is 19.4. The van der Waals surface area contributed by atoms with Crippen molar-refractivity contribution in [3.05, 3.63) is 69.7 Å². The Kier molecular flexibility index (Phi) is 6.45. The van der Waals surface area contributed by atoms with Crippen molar-refractivity contribution in [1.29, 1.82) is 0 Å². The second-order valence-corrected chi connectivity index (χ2v) is 7.65. The molecule has 3 aromatic rings. The molecule has 0 aliphatic heterocycles. The number of halogens is 2. The molecule has 0 fully saturated rings. The van der Waals surface area contributed by atoms with Crippen molar-refractivity contribution in [2.24, 2.45) is 4.99 Å². The molecular formula is C22H22F2N2S. The average molecular weight is 384 g/mol. The van der Waals surface area contributed by atoms with Gasteiger partial charge in [0.05, 0.1) is 15.6 Å². The van der Waals surface area contributed by atoms with Crippen molar-refractivity contribution in [3.8, 4) is 11.1 Å².